The molecule has 2 aliphatic heterocycles. The number of hydrogen-bond acceptors (Lipinski definition) is 2. The second-order valence-electron chi connectivity index (χ2n) is 11.7. The average molecular weight is 426 g/mol. The monoisotopic (exact) mass is 425 g/mol. The standard InChI is InChI=1S/C30H35NO/c1-28-14-13-24-18-23-9-10-25(31(2)3)19-29(23)15-16-30(24,32-29)27(28)12-11-26(28)22-8-7-20-5-4-6-21(20)17-22/h4,6-8,11,13,17-18,25,27H,5,9-10,12,14-16,19H2,1-3H3/t25-,27-,28-,29-,30-/m1/s1. The Bertz CT molecular complexity index is 1140. The molecule has 0 amide bonds. The van der Waals surface area contributed by atoms with Crippen LogP contribution in [0.3, 0.4) is 0 Å². The molecule has 1 aromatic rings. The number of fused-ring (bicyclic) bond motifs is 2. The van der Waals surface area contributed by atoms with Gasteiger partial charge in [-0.2, -0.15) is 0 Å². The normalized spacial score (nSPS) is 40.9. The van der Waals surface area contributed by atoms with Gasteiger partial charge in [0, 0.05) is 17.4 Å². The van der Waals surface area contributed by atoms with Crippen LogP contribution in [-0.4, -0.2) is 36.2 Å². The Morgan fingerprint density at radius 1 is 1.12 bits per heavy atom. The van der Waals surface area contributed by atoms with Gasteiger partial charge in [-0.1, -0.05) is 49.4 Å². The van der Waals surface area contributed by atoms with Gasteiger partial charge < -0.3 is 9.64 Å². The zero-order valence-corrected chi connectivity index (χ0v) is 19.8. The number of hydrogen-bond donors (Lipinski definition) is 0. The summed E-state index contributed by atoms with van der Waals surface area (Å²) in [4.78, 5) is 2.42. The molecular formula is C30H35NO. The van der Waals surface area contributed by atoms with Gasteiger partial charge in [0.05, 0.1) is 11.2 Å². The highest BCUT2D eigenvalue weighted by molar-refractivity contribution is 5.77. The highest BCUT2D eigenvalue weighted by Gasteiger charge is 2.65. The highest BCUT2D eigenvalue weighted by Crippen LogP contribution is 2.67. The van der Waals surface area contributed by atoms with Gasteiger partial charge in [0.2, 0.25) is 0 Å². The minimum absolute atomic E-state index is 0.0100. The van der Waals surface area contributed by atoms with E-state index in [4.69, 9.17) is 4.74 Å². The van der Waals surface area contributed by atoms with Gasteiger partial charge in [-0.25, -0.2) is 0 Å². The van der Waals surface area contributed by atoms with Crippen molar-refractivity contribution in [1.82, 2.24) is 4.90 Å². The van der Waals surface area contributed by atoms with Crippen LogP contribution >= 0.6 is 0 Å². The van der Waals surface area contributed by atoms with Crippen LogP contribution in [0.4, 0.5) is 0 Å². The van der Waals surface area contributed by atoms with Gasteiger partial charge in [-0.05, 0) is 105 Å². The lowest BCUT2D eigenvalue weighted by atomic mass is 9.58. The Morgan fingerprint density at radius 2 is 2.03 bits per heavy atom. The Morgan fingerprint density at radius 3 is 2.91 bits per heavy atom. The van der Waals surface area contributed by atoms with E-state index >= 15 is 0 Å². The third-order valence-corrected chi connectivity index (χ3v) is 10.1. The second-order valence-corrected chi connectivity index (χ2v) is 11.7. The Hall–Kier alpha value is -1.90. The molecule has 0 N–H and O–H groups in total. The molecule has 5 atom stereocenters. The summed E-state index contributed by atoms with van der Waals surface area (Å²) in [6.45, 7) is 2.53. The lowest BCUT2D eigenvalue weighted by Gasteiger charge is -2.54. The van der Waals surface area contributed by atoms with Crippen molar-refractivity contribution in [2.75, 3.05) is 14.1 Å². The molecule has 0 radical (unpaired) electrons. The van der Waals surface area contributed by atoms with Gasteiger partial charge in [0.25, 0.3) is 0 Å². The van der Waals surface area contributed by atoms with E-state index < -0.39 is 0 Å². The van der Waals surface area contributed by atoms with Gasteiger partial charge in [-0.15, -0.1) is 0 Å². The Balaban J connectivity index is 1.28. The topological polar surface area (TPSA) is 12.5 Å². The highest BCUT2D eigenvalue weighted by atomic mass is 16.5. The summed E-state index contributed by atoms with van der Waals surface area (Å²) in [5.41, 5.74) is 9.04. The fourth-order valence-corrected chi connectivity index (χ4v) is 8.27. The number of ether oxygens (including phenoxy) is 1. The minimum Gasteiger partial charge on any atom is -0.359 e. The van der Waals surface area contributed by atoms with E-state index in [1.165, 1.54) is 54.4 Å². The average Bonchev–Trinajstić information content (AvgIpc) is 3.47. The summed E-state index contributed by atoms with van der Waals surface area (Å²) in [5, 5.41) is 0. The van der Waals surface area contributed by atoms with E-state index in [0.717, 1.165) is 19.3 Å². The first kappa shape index (κ1) is 19.6. The van der Waals surface area contributed by atoms with Crippen LogP contribution in [0.1, 0.15) is 68.6 Å². The van der Waals surface area contributed by atoms with Crippen LogP contribution in [-0.2, 0) is 11.2 Å². The zero-order chi connectivity index (χ0) is 21.7. The molecule has 2 heteroatoms. The molecule has 6 aliphatic rings. The van der Waals surface area contributed by atoms with E-state index in [-0.39, 0.29) is 16.6 Å². The van der Waals surface area contributed by atoms with Crippen molar-refractivity contribution in [3.63, 3.8) is 0 Å². The Kier molecular flexibility index (Phi) is 3.89. The number of nitrogens with zero attached hydrogens (tertiary/aromatic N) is 1. The Labute approximate surface area is 192 Å². The van der Waals surface area contributed by atoms with Crippen molar-refractivity contribution in [1.29, 1.82) is 0 Å². The van der Waals surface area contributed by atoms with Crippen molar-refractivity contribution in [2.45, 2.75) is 75.5 Å². The third-order valence-electron chi connectivity index (χ3n) is 10.1. The number of benzene rings is 1. The molecule has 0 aromatic heterocycles. The maximum atomic E-state index is 7.39. The molecule has 2 fully saturated rings. The van der Waals surface area contributed by atoms with Gasteiger partial charge >= 0.3 is 0 Å². The SMILES string of the molecule is CN(C)[C@@H]1CCC2=CC3=CC[C@]4(C)C(c5ccc6c(c5)C=CC6)=CC[C@H]4[C@@]34CC[C@]2(C1)O4. The van der Waals surface area contributed by atoms with Crippen molar-refractivity contribution in [3.8, 4) is 0 Å². The van der Waals surface area contributed by atoms with Gasteiger partial charge in [0.15, 0.2) is 0 Å². The molecular weight excluding hydrogens is 390 g/mol. The third kappa shape index (κ3) is 2.38. The van der Waals surface area contributed by atoms with Crippen LogP contribution in [0, 0.1) is 11.3 Å². The van der Waals surface area contributed by atoms with E-state index in [1.807, 2.05) is 0 Å². The number of rotatable bonds is 2. The van der Waals surface area contributed by atoms with Crippen LogP contribution in [0.2, 0.25) is 0 Å². The molecule has 166 valence electrons. The summed E-state index contributed by atoms with van der Waals surface area (Å²) < 4.78 is 7.39. The van der Waals surface area contributed by atoms with Crippen LogP contribution in [0.15, 0.2) is 53.6 Å². The van der Waals surface area contributed by atoms with E-state index in [1.54, 1.807) is 11.1 Å². The maximum absolute atomic E-state index is 7.39. The number of allylic oxidation sites excluding steroid dienone is 4. The molecule has 4 aliphatic carbocycles. The fourth-order valence-electron chi connectivity index (χ4n) is 8.27. The maximum Gasteiger partial charge on any atom is 0.0980 e. The van der Waals surface area contributed by atoms with Crippen molar-refractivity contribution in [3.05, 3.63) is 70.3 Å². The van der Waals surface area contributed by atoms with Crippen LogP contribution < -0.4 is 0 Å². The molecule has 0 unspecified atom stereocenters. The predicted octanol–water partition coefficient (Wildman–Crippen LogP) is 6.34. The summed E-state index contributed by atoms with van der Waals surface area (Å²) in [5.74, 6) is 0.547. The largest absolute Gasteiger partial charge is 0.359 e. The molecule has 2 bridgehead atoms. The molecule has 1 saturated heterocycles. The van der Waals surface area contributed by atoms with Crippen molar-refractivity contribution < 1.29 is 4.74 Å². The van der Waals surface area contributed by atoms with E-state index in [0.29, 0.717) is 12.0 Å². The summed E-state index contributed by atoms with van der Waals surface area (Å²) >= 11 is 0. The molecule has 2 heterocycles. The first-order valence-electron chi connectivity index (χ1n) is 12.7. The lowest BCUT2D eigenvalue weighted by Crippen LogP contribution is -2.54. The fraction of sp³-hybridized carbons (Fsp3) is 0.533. The van der Waals surface area contributed by atoms with E-state index in [2.05, 4.69) is 74.5 Å². The summed E-state index contributed by atoms with van der Waals surface area (Å²) in [7, 11) is 4.48. The quantitative estimate of drug-likeness (QED) is 0.548. The van der Waals surface area contributed by atoms with Crippen LogP contribution in [0.25, 0.3) is 11.6 Å². The zero-order valence-electron chi connectivity index (χ0n) is 19.8. The first-order valence-corrected chi connectivity index (χ1v) is 12.7. The van der Waals surface area contributed by atoms with Crippen LogP contribution in [0.5, 0.6) is 0 Å². The molecule has 1 saturated carbocycles. The van der Waals surface area contributed by atoms with Crippen molar-refractivity contribution in [2.24, 2.45) is 11.3 Å². The van der Waals surface area contributed by atoms with E-state index in [9.17, 15) is 0 Å². The smallest absolute Gasteiger partial charge is 0.0980 e. The first-order chi connectivity index (χ1) is 15.4. The molecule has 32 heavy (non-hydrogen) atoms. The molecule has 2 nitrogen and oxygen atoms in total. The lowest BCUT2D eigenvalue weighted by molar-refractivity contribution is -0.134. The summed E-state index contributed by atoms with van der Waals surface area (Å²) in [6, 6.07) is 7.80. The van der Waals surface area contributed by atoms with Gasteiger partial charge in [-0.3, -0.25) is 0 Å². The van der Waals surface area contributed by atoms with Crippen molar-refractivity contribution >= 4 is 11.6 Å². The molecule has 1 aromatic carbocycles. The predicted molar refractivity (Wildman–Crippen MR) is 131 cm³/mol. The van der Waals surface area contributed by atoms with Gasteiger partial charge in [0.1, 0.15) is 0 Å². The molecule has 7 rings (SSSR count). The molecule has 2 spiro atoms. The summed E-state index contributed by atoms with van der Waals surface area (Å²) in [6.07, 6.45) is 21.7. The minimum atomic E-state index is -0.0837. The second kappa shape index (κ2) is 6.36.